The first-order valence-corrected chi connectivity index (χ1v) is 10.7. The van der Waals surface area contributed by atoms with Gasteiger partial charge in [0.05, 0.1) is 6.61 Å². The summed E-state index contributed by atoms with van der Waals surface area (Å²) >= 11 is 0. The topological polar surface area (TPSA) is 164 Å². The molecule has 1 aliphatic rings. The fourth-order valence-electron chi connectivity index (χ4n) is 2.97. The highest BCUT2D eigenvalue weighted by molar-refractivity contribution is 5.89. The van der Waals surface area contributed by atoms with Gasteiger partial charge in [0.1, 0.15) is 6.20 Å². The molecule has 13 heteroatoms. The fraction of sp³-hybridized carbons (Fsp3) is 0.476. The lowest BCUT2D eigenvalue weighted by Gasteiger charge is -2.34. The van der Waals surface area contributed by atoms with Gasteiger partial charge in [-0.25, -0.2) is 29.0 Å². The van der Waals surface area contributed by atoms with E-state index in [0.29, 0.717) is 24.6 Å². The molecule has 0 atom stereocenters. The van der Waals surface area contributed by atoms with E-state index >= 15 is 0 Å². The first kappa shape index (κ1) is 26.4. The standard InChI is InChI=1S/C17H25N7O2.C4H4O4/c1-14-5-6-18-16(20-14)24-10-8-23(9-11-24)7-3-4-12-26-15-13-19-22(2)17(25)21-15;5-3(6)1-2-4(7)8/h5-6,13H,3-4,7-12H2,1-2H3;1-2H,(H,5,6)(H,7,8)/b;2-1+. The second-order valence-electron chi connectivity index (χ2n) is 7.39. The second kappa shape index (κ2) is 13.6. The van der Waals surface area contributed by atoms with Gasteiger partial charge in [0, 0.05) is 57.3 Å². The zero-order chi connectivity index (χ0) is 24.9. The summed E-state index contributed by atoms with van der Waals surface area (Å²) in [7, 11) is 1.56. The van der Waals surface area contributed by atoms with E-state index in [2.05, 4.69) is 29.9 Å². The number of carboxylic acids is 2. The van der Waals surface area contributed by atoms with E-state index in [1.165, 1.54) is 10.9 Å². The van der Waals surface area contributed by atoms with Crippen molar-refractivity contribution in [3.05, 3.63) is 46.8 Å². The van der Waals surface area contributed by atoms with Crippen molar-refractivity contribution >= 4 is 17.9 Å². The molecule has 13 nitrogen and oxygen atoms in total. The number of carbonyl (C=O) groups is 2. The summed E-state index contributed by atoms with van der Waals surface area (Å²) in [5.74, 6) is -1.40. The molecule has 0 unspecified atom stereocenters. The number of unbranched alkanes of at least 4 members (excludes halogenated alkanes) is 1. The third kappa shape index (κ3) is 9.73. The van der Waals surface area contributed by atoms with Crippen molar-refractivity contribution in [1.29, 1.82) is 0 Å². The fourth-order valence-corrected chi connectivity index (χ4v) is 2.97. The van der Waals surface area contributed by atoms with Crippen molar-refractivity contribution in [2.45, 2.75) is 19.8 Å². The molecule has 3 rings (SSSR count). The third-order valence-corrected chi connectivity index (χ3v) is 4.75. The van der Waals surface area contributed by atoms with Crippen LogP contribution in [0.5, 0.6) is 5.88 Å². The van der Waals surface area contributed by atoms with Crippen LogP contribution >= 0.6 is 0 Å². The Hall–Kier alpha value is -3.87. The Morgan fingerprint density at radius 2 is 1.76 bits per heavy atom. The molecule has 2 aromatic heterocycles. The monoisotopic (exact) mass is 475 g/mol. The molecule has 1 aliphatic heterocycles. The Morgan fingerprint density at radius 3 is 2.35 bits per heavy atom. The molecular formula is C21H29N7O6. The number of nitrogens with zero attached hydrogens (tertiary/aromatic N) is 7. The maximum Gasteiger partial charge on any atom is 0.366 e. The first-order chi connectivity index (χ1) is 16.2. The van der Waals surface area contributed by atoms with E-state index in [-0.39, 0.29) is 0 Å². The molecule has 1 saturated heterocycles. The average molecular weight is 476 g/mol. The minimum absolute atomic E-state index is 0.292. The predicted octanol–water partition coefficient (Wildman–Crippen LogP) is -0.0333. The van der Waals surface area contributed by atoms with Crippen molar-refractivity contribution in [2.75, 3.05) is 44.2 Å². The van der Waals surface area contributed by atoms with Crippen LogP contribution in [0.1, 0.15) is 18.5 Å². The number of piperazine rings is 1. The quantitative estimate of drug-likeness (QED) is 0.368. The van der Waals surface area contributed by atoms with Crippen molar-refractivity contribution in [2.24, 2.45) is 7.05 Å². The minimum atomic E-state index is -1.26. The van der Waals surface area contributed by atoms with Gasteiger partial charge in [-0.15, -0.1) is 0 Å². The number of aryl methyl sites for hydroxylation is 2. The van der Waals surface area contributed by atoms with Crippen molar-refractivity contribution in [3.8, 4) is 5.88 Å². The Bertz CT molecular complexity index is 1020. The number of anilines is 1. The lowest BCUT2D eigenvalue weighted by molar-refractivity contribution is -0.134. The Labute approximate surface area is 196 Å². The van der Waals surface area contributed by atoms with Gasteiger partial charge in [-0.1, -0.05) is 0 Å². The Kier molecular flexibility index (Phi) is 10.6. The molecule has 0 radical (unpaired) electrons. The molecule has 0 spiro atoms. The molecule has 34 heavy (non-hydrogen) atoms. The second-order valence-corrected chi connectivity index (χ2v) is 7.39. The van der Waals surface area contributed by atoms with Crippen LogP contribution in [-0.4, -0.2) is 91.1 Å². The first-order valence-electron chi connectivity index (χ1n) is 10.7. The number of hydrogen-bond acceptors (Lipinski definition) is 10. The van der Waals surface area contributed by atoms with Crippen LogP contribution in [-0.2, 0) is 16.6 Å². The van der Waals surface area contributed by atoms with Gasteiger partial charge in [0.15, 0.2) is 0 Å². The number of carboxylic acid groups (broad SMARTS) is 2. The lowest BCUT2D eigenvalue weighted by atomic mass is 10.2. The molecule has 0 aromatic carbocycles. The van der Waals surface area contributed by atoms with Gasteiger partial charge in [-0.3, -0.25) is 4.90 Å². The van der Waals surface area contributed by atoms with Gasteiger partial charge in [0.2, 0.25) is 11.8 Å². The third-order valence-electron chi connectivity index (χ3n) is 4.75. The van der Waals surface area contributed by atoms with Gasteiger partial charge >= 0.3 is 17.6 Å². The average Bonchev–Trinajstić information content (AvgIpc) is 2.80. The largest absolute Gasteiger partial charge is 0.478 e. The van der Waals surface area contributed by atoms with Crippen LogP contribution in [0.25, 0.3) is 0 Å². The Balaban J connectivity index is 0.000000440. The van der Waals surface area contributed by atoms with Crippen LogP contribution in [0.3, 0.4) is 0 Å². The maximum absolute atomic E-state index is 11.4. The molecule has 2 aromatic rings. The van der Waals surface area contributed by atoms with Gasteiger partial charge in [-0.2, -0.15) is 10.1 Å². The summed E-state index contributed by atoms with van der Waals surface area (Å²) in [6.07, 6.45) is 6.35. The normalized spacial score (nSPS) is 13.9. The summed E-state index contributed by atoms with van der Waals surface area (Å²) in [5.41, 5.74) is 0.594. The van der Waals surface area contributed by atoms with E-state index in [4.69, 9.17) is 14.9 Å². The molecule has 3 heterocycles. The van der Waals surface area contributed by atoms with Crippen molar-refractivity contribution < 1.29 is 24.5 Å². The SMILES string of the molecule is Cc1ccnc(N2CCN(CCCCOc3cnn(C)c(=O)n3)CC2)n1.O=C(O)/C=C/C(=O)O. The van der Waals surface area contributed by atoms with Gasteiger partial charge in [-0.05, 0) is 32.4 Å². The number of ether oxygens (including phenoxy) is 1. The lowest BCUT2D eigenvalue weighted by Crippen LogP contribution is -2.47. The Morgan fingerprint density at radius 1 is 1.09 bits per heavy atom. The zero-order valence-corrected chi connectivity index (χ0v) is 19.2. The van der Waals surface area contributed by atoms with E-state index in [1.807, 2.05) is 19.2 Å². The van der Waals surface area contributed by atoms with Crippen LogP contribution in [0, 0.1) is 6.92 Å². The molecule has 0 bridgehead atoms. The molecule has 2 N–H and O–H groups in total. The van der Waals surface area contributed by atoms with Crippen molar-refractivity contribution in [3.63, 3.8) is 0 Å². The highest BCUT2D eigenvalue weighted by Crippen LogP contribution is 2.11. The summed E-state index contributed by atoms with van der Waals surface area (Å²) in [6.45, 7) is 7.48. The summed E-state index contributed by atoms with van der Waals surface area (Å²) in [5, 5.41) is 19.5. The summed E-state index contributed by atoms with van der Waals surface area (Å²) < 4.78 is 6.66. The van der Waals surface area contributed by atoms with E-state index < -0.39 is 17.6 Å². The van der Waals surface area contributed by atoms with E-state index in [0.717, 1.165) is 57.2 Å². The van der Waals surface area contributed by atoms with Crippen LogP contribution < -0.4 is 15.3 Å². The number of aromatic nitrogens is 5. The van der Waals surface area contributed by atoms with Crippen LogP contribution in [0.15, 0.2) is 35.4 Å². The van der Waals surface area contributed by atoms with Crippen LogP contribution in [0.2, 0.25) is 0 Å². The van der Waals surface area contributed by atoms with E-state index in [1.54, 1.807) is 7.05 Å². The summed E-state index contributed by atoms with van der Waals surface area (Å²) in [6, 6.07) is 1.92. The van der Waals surface area contributed by atoms with Gasteiger partial charge in [0.25, 0.3) is 0 Å². The number of hydrogen-bond donors (Lipinski definition) is 2. The van der Waals surface area contributed by atoms with Gasteiger partial charge < -0.3 is 19.8 Å². The smallest absolute Gasteiger partial charge is 0.366 e. The van der Waals surface area contributed by atoms with Crippen molar-refractivity contribution in [1.82, 2.24) is 29.6 Å². The minimum Gasteiger partial charge on any atom is -0.478 e. The number of rotatable bonds is 9. The highest BCUT2D eigenvalue weighted by atomic mass is 16.5. The molecule has 0 amide bonds. The predicted molar refractivity (Wildman–Crippen MR) is 122 cm³/mol. The number of aliphatic carboxylic acids is 2. The maximum atomic E-state index is 11.4. The molecule has 0 aliphatic carbocycles. The molecule has 1 fully saturated rings. The molecule has 184 valence electrons. The highest BCUT2D eigenvalue weighted by Gasteiger charge is 2.18. The molecule has 0 saturated carbocycles. The zero-order valence-electron chi connectivity index (χ0n) is 19.2. The molecular weight excluding hydrogens is 446 g/mol. The summed E-state index contributed by atoms with van der Waals surface area (Å²) in [4.78, 5) is 47.8. The van der Waals surface area contributed by atoms with Crippen LogP contribution in [0.4, 0.5) is 5.95 Å². The van der Waals surface area contributed by atoms with E-state index in [9.17, 15) is 14.4 Å².